The fraction of sp³-hybridized carbons (Fsp3) is 0.548. The van der Waals surface area contributed by atoms with Crippen LogP contribution < -0.4 is 19.7 Å². The summed E-state index contributed by atoms with van der Waals surface area (Å²) in [5.41, 5.74) is -0.0808. The lowest BCUT2D eigenvalue weighted by Gasteiger charge is -2.37. The molecule has 4 bridgehead atoms. The van der Waals surface area contributed by atoms with Gasteiger partial charge in [-0.2, -0.15) is 8.42 Å². The summed E-state index contributed by atoms with van der Waals surface area (Å²) in [6, 6.07) is 8.77. The third kappa shape index (κ3) is 5.84. The highest BCUT2D eigenvalue weighted by atomic mass is 32.2. The minimum absolute atomic E-state index is 0.00917. The lowest BCUT2D eigenvalue weighted by Crippen LogP contribution is -2.41. The molecule has 2 saturated carbocycles. The predicted molar refractivity (Wildman–Crippen MR) is 162 cm³/mol. The number of pyridine rings is 2. The minimum Gasteiger partial charge on any atom is -0.477 e. The van der Waals surface area contributed by atoms with Gasteiger partial charge in [0.1, 0.15) is 11.6 Å². The van der Waals surface area contributed by atoms with Gasteiger partial charge in [0.25, 0.3) is 21.9 Å². The fourth-order valence-corrected chi connectivity index (χ4v) is 8.23. The van der Waals surface area contributed by atoms with Gasteiger partial charge in [0.15, 0.2) is 10.8 Å². The molecule has 11 nitrogen and oxygen atoms in total. The van der Waals surface area contributed by atoms with Crippen LogP contribution in [0.25, 0.3) is 5.82 Å². The van der Waals surface area contributed by atoms with Crippen molar-refractivity contribution in [3.05, 3.63) is 48.2 Å². The summed E-state index contributed by atoms with van der Waals surface area (Å²) in [5, 5.41) is 6.63. The number of fused-ring (bicyclic) bond motifs is 6. The molecule has 5 heterocycles. The molecule has 14 heteroatoms. The number of rotatable bonds is 5. The van der Waals surface area contributed by atoms with Gasteiger partial charge in [0.2, 0.25) is 5.88 Å². The number of hydrogen-bond donors (Lipinski definition) is 2. The Hall–Kier alpha value is -3.81. The SMILES string of the molecule is CC1(C)CC2CN1c1nc(-n3ccc(OCCC4CCC45CC5)n3)ccc1C(=O)NS(=O)(=O)c1cccc(n1)NCC(F)(F)C2. The summed E-state index contributed by atoms with van der Waals surface area (Å²) in [6.45, 7) is 3.88. The number of halogens is 2. The van der Waals surface area contributed by atoms with Crippen molar-refractivity contribution < 1.29 is 26.7 Å². The van der Waals surface area contributed by atoms with Crippen LogP contribution in [0.15, 0.2) is 47.6 Å². The molecule has 2 unspecified atom stereocenters. The number of nitrogens with one attached hydrogen (secondary N) is 2. The van der Waals surface area contributed by atoms with Gasteiger partial charge < -0.3 is 15.0 Å². The van der Waals surface area contributed by atoms with Crippen LogP contribution >= 0.6 is 0 Å². The fourth-order valence-electron chi connectivity index (χ4n) is 7.30. The Morgan fingerprint density at radius 3 is 2.64 bits per heavy atom. The first kappa shape index (κ1) is 29.9. The lowest BCUT2D eigenvalue weighted by atomic mass is 9.69. The zero-order valence-corrected chi connectivity index (χ0v) is 26.1. The van der Waals surface area contributed by atoms with Crippen molar-refractivity contribution in [1.29, 1.82) is 0 Å². The Bertz CT molecular complexity index is 1740. The van der Waals surface area contributed by atoms with E-state index in [4.69, 9.17) is 9.72 Å². The molecular weight excluding hydrogens is 604 g/mol. The number of anilines is 2. The second-order valence-corrected chi connectivity index (χ2v) is 15.2. The molecule has 1 spiro atoms. The second-order valence-electron chi connectivity index (χ2n) is 13.6. The number of carbonyl (C=O) groups is 1. The van der Waals surface area contributed by atoms with E-state index in [1.54, 1.807) is 18.3 Å². The number of ether oxygens (including phenoxy) is 1. The highest BCUT2D eigenvalue weighted by molar-refractivity contribution is 7.90. The third-order valence-electron chi connectivity index (χ3n) is 9.93. The van der Waals surface area contributed by atoms with Crippen LogP contribution in [-0.4, -0.2) is 65.2 Å². The van der Waals surface area contributed by atoms with Crippen molar-refractivity contribution in [2.24, 2.45) is 17.3 Å². The molecule has 2 aliphatic carbocycles. The second kappa shape index (κ2) is 10.6. The quantitative estimate of drug-likeness (QED) is 0.404. The normalized spacial score (nSPS) is 25.6. The molecule has 2 N–H and O–H groups in total. The summed E-state index contributed by atoms with van der Waals surface area (Å²) in [5.74, 6) is -2.71. The zero-order valence-electron chi connectivity index (χ0n) is 25.3. The predicted octanol–water partition coefficient (Wildman–Crippen LogP) is 4.80. The Balaban J connectivity index is 1.20. The number of nitrogens with zero attached hydrogens (tertiary/aromatic N) is 5. The van der Waals surface area contributed by atoms with Crippen LogP contribution in [0.5, 0.6) is 5.88 Å². The Morgan fingerprint density at radius 2 is 1.89 bits per heavy atom. The summed E-state index contributed by atoms with van der Waals surface area (Å²) in [6.07, 6.45) is 7.98. The summed E-state index contributed by atoms with van der Waals surface area (Å²) in [7, 11) is -4.44. The summed E-state index contributed by atoms with van der Waals surface area (Å²) >= 11 is 0. The van der Waals surface area contributed by atoms with Crippen molar-refractivity contribution in [1.82, 2.24) is 24.5 Å². The molecular formula is C31H37F2N7O4S. The highest BCUT2D eigenvalue weighted by Crippen LogP contribution is 2.65. The molecule has 7 rings (SSSR count). The van der Waals surface area contributed by atoms with Crippen molar-refractivity contribution in [2.75, 3.05) is 29.9 Å². The Labute approximate surface area is 260 Å². The van der Waals surface area contributed by atoms with Crippen LogP contribution in [0.1, 0.15) is 69.2 Å². The molecule has 1 saturated heterocycles. The maximum Gasteiger partial charge on any atom is 0.281 e. The Kier molecular flexibility index (Phi) is 7.06. The van der Waals surface area contributed by atoms with E-state index in [2.05, 4.69) is 20.1 Å². The number of aromatic nitrogens is 4. The number of amides is 1. The first-order valence-electron chi connectivity index (χ1n) is 15.5. The van der Waals surface area contributed by atoms with Gasteiger partial charge >= 0.3 is 0 Å². The number of sulfonamides is 1. The van der Waals surface area contributed by atoms with E-state index in [0.29, 0.717) is 30.1 Å². The monoisotopic (exact) mass is 641 g/mol. The van der Waals surface area contributed by atoms with Gasteiger partial charge in [-0.1, -0.05) is 6.07 Å². The van der Waals surface area contributed by atoms with Crippen LogP contribution in [0, 0.1) is 17.3 Å². The van der Waals surface area contributed by atoms with Gasteiger partial charge in [-0.15, -0.1) is 5.10 Å². The van der Waals surface area contributed by atoms with Crippen molar-refractivity contribution >= 4 is 27.6 Å². The van der Waals surface area contributed by atoms with E-state index >= 15 is 8.78 Å². The van der Waals surface area contributed by atoms with E-state index in [9.17, 15) is 13.2 Å². The molecule has 3 aromatic heterocycles. The molecule has 4 aliphatic rings. The smallest absolute Gasteiger partial charge is 0.281 e. The summed E-state index contributed by atoms with van der Waals surface area (Å²) < 4.78 is 66.3. The van der Waals surface area contributed by atoms with Crippen LogP contribution in [0.3, 0.4) is 0 Å². The first-order valence-corrected chi connectivity index (χ1v) is 16.9. The lowest BCUT2D eigenvalue weighted by molar-refractivity contribution is -0.00773. The van der Waals surface area contributed by atoms with E-state index < -0.39 is 51.3 Å². The zero-order chi connectivity index (χ0) is 31.6. The highest BCUT2D eigenvalue weighted by Gasteiger charge is 2.54. The molecule has 3 aromatic rings. The molecule has 3 fully saturated rings. The van der Waals surface area contributed by atoms with Crippen molar-refractivity contribution in [3.8, 4) is 11.7 Å². The number of alkyl halides is 2. The molecule has 45 heavy (non-hydrogen) atoms. The number of carbonyl (C=O) groups excluding carboxylic acids is 1. The van der Waals surface area contributed by atoms with Gasteiger partial charge in [-0.3, -0.25) is 4.79 Å². The van der Waals surface area contributed by atoms with Crippen LogP contribution in [-0.2, 0) is 10.0 Å². The minimum atomic E-state index is -4.44. The van der Waals surface area contributed by atoms with Crippen molar-refractivity contribution in [3.63, 3.8) is 0 Å². The third-order valence-corrected chi connectivity index (χ3v) is 11.2. The topological polar surface area (TPSA) is 131 Å². The molecule has 240 valence electrons. The van der Waals surface area contributed by atoms with Gasteiger partial charge in [-0.25, -0.2) is 28.2 Å². The standard InChI is InChI=1S/C31H37F2N7O4S/c1-29(2)16-20-17-31(32,33)19-34-23-4-3-5-26(35-23)45(42,43)38-28(41)22-6-7-24(36-27(22)39(29)18-20)40-14-9-25(37-40)44-15-10-21-8-11-30(21)12-13-30/h3-7,9,14,20-21H,8,10-13,15-19H2,1-2H3,(H,34,35)(H,38,41). The van der Waals surface area contributed by atoms with Gasteiger partial charge in [0.05, 0.1) is 18.7 Å². The molecule has 0 aromatic carbocycles. The molecule has 2 aliphatic heterocycles. The van der Waals surface area contributed by atoms with Gasteiger partial charge in [-0.05, 0) is 93.9 Å². The first-order chi connectivity index (χ1) is 21.3. The van der Waals surface area contributed by atoms with E-state index in [0.717, 1.165) is 12.3 Å². The van der Waals surface area contributed by atoms with Crippen molar-refractivity contribution in [2.45, 2.75) is 75.3 Å². The van der Waals surface area contributed by atoms with Crippen LogP contribution in [0.4, 0.5) is 20.4 Å². The number of hydrogen-bond acceptors (Lipinski definition) is 9. The molecule has 2 atom stereocenters. The van der Waals surface area contributed by atoms with Gasteiger partial charge in [0, 0.05) is 30.8 Å². The largest absolute Gasteiger partial charge is 0.477 e. The Morgan fingerprint density at radius 1 is 1.07 bits per heavy atom. The van der Waals surface area contributed by atoms with E-state index in [-0.39, 0.29) is 23.7 Å². The van der Waals surface area contributed by atoms with E-state index in [1.807, 2.05) is 18.7 Å². The maximum absolute atomic E-state index is 15.2. The molecule has 0 radical (unpaired) electrons. The van der Waals surface area contributed by atoms with Crippen LogP contribution in [0.2, 0.25) is 0 Å². The van der Waals surface area contributed by atoms with E-state index in [1.165, 1.54) is 54.6 Å². The average molecular weight is 642 g/mol. The average Bonchev–Trinajstić information content (AvgIpc) is 3.60. The summed E-state index contributed by atoms with van der Waals surface area (Å²) in [4.78, 5) is 24.2. The molecule has 1 amide bonds. The maximum atomic E-state index is 15.2.